The van der Waals surface area contributed by atoms with Crippen LogP contribution in [0.4, 0.5) is 5.69 Å². The smallest absolute Gasteiger partial charge is 0.237 e. The van der Waals surface area contributed by atoms with E-state index in [2.05, 4.69) is 33.0 Å². The average molecular weight is 331 g/mol. The van der Waals surface area contributed by atoms with Gasteiger partial charge in [0.15, 0.2) is 0 Å². The van der Waals surface area contributed by atoms with Crippen LogP contribution in [0.15, 0.2) is 23.4 Å². The van der Waals surface area contributed by atoms with Crippen molar-refractivity contribution in [1.29, 1.82) is 0 Å². The fraction of sp³-hybridized carbons (Fsp3) is 0.500. The van der Waals surface area contributed by atoms with Crippen molar-refractivity contribution in [3.63, 3.8) is 0 Å². The van der Waals surface area contributed by atoms with Gasteiger partial charge < -0.3 is 5.32 Å². The van der Waals surface area contributed by atoms with Crippen LogP contribution in [0.5, 0.6) is 0 Å². The Bertz CT molecular complexity index is 712. The second kappa shape index (κ2) is 6.70. The number of aryl methyl sites for hydroxylation is 2. The number of carbonyl (C=O) groups excluding carboxylic acids is 1. The number of hydrogen-bond donors (Lipinski definition) is 1. The number of aromatic nitrogens is 4. The molecule has 1 aromatic carbocycles. The van der Waals surface area contributed by atoms with E-state index in [9.17, 15) is 4.79 Å². The summed E-state index contributed by atoms with van der Waals surface area (Å²) in [7, 11) is 0. The summed E-state index contributed by atoms with van der Waals surface area (Å²) in [6.45, 7) is 5.89. The lowest BCUT2D eigenvalue weighted by Crippen LogP contribution is -2.23. The standard InChI is InChI=1S/C16H21N5OS/c1-10(2)21-16(18-19-20-21)23-11(3)15(22)17-14-8-7-12-5-4-6-13(12)9-14/h7-11H,4-6H2,1-3H3,(H,17,22). The van der Waals surface area contributed by atoms with Crippen LogP contribution in [0.3, 0.4) is 0 Å². The van der Waals surface area contributed by atoms with Crippen LogP contribution in [0, 0.1) is 0 Å². The second-order valence-corrected chi connectivity index (χ2v) is 7.39. The monoisotopic (exact) mass is 331 g/mol. The first-order valence-corrected chi connectivity index (χ1v) is 8.79. The summed E-state index contributed by atoms with van der Waals surface area (Å²) in [5, 5.41) is 15.0. The van der Waals surface area contributed by atoms with Crippen molar-refractivity contribution < 1.29 is 4.79 Å². The molecule has 0 saturated heterocycles. The van der Waals surface area contributed by atoms with Gasteiger partial charge in [0.25, 0.3) is 0 Å². The first-order chi connectivity index (χ1) is 11.0. The molecule has 0 saturated carbocycles. The van der Waals surface area contributed by atoms with E-state index in [-0.39, 0.29) is 17.2 Å². The summed E-state index contributed by atoms with van der Waals surface area (Å²) in [6.07, 6.45) is 3.46. The molecule has 122 valence electrons. The zero-order valence-electron chi connectivity index (χ0n) is 13.6. The van der Waals surface area contributed by atoms with E-state index in [1.807, 2.05) is 26.8 Å². The molecule has 3 rings (SSSR count). The summed E-state index contributed by atoms with van der Waals surface area (Å²) in [5.74, 6) is -0.0359. The number of benzene rings is 1. The van der Waals surface area contributed by atoms with Gasteiger partial charge in [-0.3, -0.25) is 4.79 Å². The molecule has 1 aliphatic rings. The first-order valence-electron chi connectivity index (χ1n) is 7.92. The van der Waals surface area contributed by atoms with E-state index in [4.69, 9.17) is 0 Å². The Morgan fingerprint density at radius 1 is 1.26 bits per heavy atom. The van der Waals surface area contributed by atoms with Gasteiger partial charge in [0.1, 0.15) is 0 Å². The molecule has 0 fully saturated rings. The van der Waals surface area contributed by atoms with Gasteiger partial charge in [-0.25, -0.2) is 4.68 Å². The van der Waals surface area contributed by atoms with Crippen molar-refractivity contribution >= 4 is 23.4 Å². The van der Waals surface area contributed by atoms with Gasteiger partial charge >= 0.3 is 0 Å². The molecule has 6 nitrogen and oxygen atoms in total. The first kappa shape index (κ1) is 16.0. The van der Waals surface area contributed by atoms with E-state index < -0.39 is 0 Å². The molecule has 1 atom stereocenters. The predicted molar refractivity (Wildman–Crippen MR) is 90.6 cm³/mol. The molecule has 23 heavy (non-hydrogen) atoms. The largest absolute Gasteiger partial charge is 0.325 e. The minimum absolute atomic E-state index is 0.0359. The molecule has 0 spiro atoms. The molecule has 1 N–H and O–H groups in total. The molecule has 1 aliphatic carbocycles. The summed E-state index contributed by atoms with van der Waals surface area (Å²) in [5.41, 5.74) is 3.62. The number of thioether (sulfide) groups is 1. The SMILES string of the molecule is CC(Sc1nnnn1C(C)C)C(=O)Nc1ccc2c(c1)CCC2. The van der Waals surface area contributed by atoms with Gasteiger partial charge in [-0.05, 0) is 73.7 Å². The van der Waals surface area contributed by atoms with Crippen molar-refractivity contribution in [2.75, 3.05) is 5.32 Å². The third kappa shape index (κ3) is 3.55. The van der Waals surface area contributed by atoms with E-state index in [1.54, 1.807) is 4.68 Å². The maximum absolute atomic E-state index is 12.4. The third-order valence-corrected chi connectivity index (χ3v) is 5.02. The molecule has 1 aromatic heterocycles. The second-order valence-electron chi connectivity index (χ2n) is 6.09. The third-order valence-electron chi connectivity index (χ3n) is 3.97. The summed E-state index contributed by atoms with van der Waals surface area (Å²) < 4.78 is 1.73. The highest BCUT2D eigenvalue weighted by molar-refractivity contribution is 8.00. The Balaban J connectivity index is 1.64. The van der Waals surface area contributed by atoms with E-state index in [0.29, 0.717) is 5.16 Å². The van der Waals surface area contributed by atoms with Gasteiger partial charge in [0.2, 0.25) is 11.1 Å². The number of amides is 1. The van der Waals surface area contributed by atoms with Crippen LogP contribution in [0.25, 0.3) is 0 Å². The van der Waals surface area contributed by atoms with Crippen LogP contribution >= 0.6 is 11.8 Å². The molecule has 0 radical (unpaired) electrons. The molecule has 1 unspecified atom stereocenters. The highest BCUT2D eigenvalue weighted by atomic mass is 32.2. The van der Waals surface area contributed by atoms with Crippen molar-refractivity contribution in [2.24, 2.45) is 0 Å². The molecule has 1 amide bonds. The van der Waals surface area contributed by atoms with Crippen LogP contribution in [0.2, 0.25) is 0 Å². The Labute approximate surface area is 140 Å². The van der Waals surface area contributed by atoms with Crippen molar-refractivity contribution in [1.82, 2.24) is 20.2 Å². The molecular weight excluding hydrogens is 310 g/mol. The lowest BCUT2D eigenvalue weighted by Gasteiger charge is -2.13. The van der Waals surface area contributed by atoms with Gasteiger partial charge in [0, 0.05) is 5.69 Å². The maximum Gasteiger partial charge on any atom is 0.237 e. The lowest BCUT2D eigenvalue weighted by atomic mass is 10.1. The number of nitrogens with one attached hydrogen (secondary N) is 1. The quantitative estimate of drug-likeness (QED) is 0.853. The molecule has 1 heterocycles. The number of tetrazole rings is 1. The normalized spacial score (nSPS) is 14.8. The van der Waals surface area contributed by atoms with Crippen LogP contribution in [-0.2, 0) is 17.6 Å². The molecule has 0 bridgehead atoms. The summed E-state index contributed by atoms with van der Waals surface area (Å²) in [6, 6.07) is 6.36. The molecule has 7 heteroatoms. The summed E-state index contributed by atoms with van der Waals surface area (Å²) >= 11 is 1.37. The molecule has 0 aliphatic heterocycles. The Morgan fingerprint density at radius 3 is 2.83 bits per heavy atom. The number of hydrogen-bond acceptors (Lipinski definition) is 5. The maximum atomic E-state index is 12.4. The van der Waals surface area contributed by atoms with Gasteiger partial charge in [-0.1, -0.05) is 17.8 Å². The fourth-order valence-corrected chi connectivity index (χ4v) is 3.61. The Morgan fingerprint density at radius 2 is 2.04 bits per heavy atom. The molecular formula is C16H21N5OS. The zero-order chi connectivity index (χ0) is 16.4. The number of carbonyl (C=O) groups is 1. The van der Waals surface area contributed by atoms with Crippen molar-refractivity contribution in [3.05, 3.63) is 29.3 Å². The Hall–Kier alpha value is -1.89. The van der Waals surface area contributed by atoms with Crippen LogP contribution in [-0.4, -0.2) is 31.4 Å². The molecule has 2 aromatic rings. The Kier molecular flexibility index (Phi) is 4.66. The highest BCUT2D eigenvalue weighted by Crippen LogP contribution is 2.26. The number of fused-ring (bicyclic) bond motifs is 1. The van der Waals surface area contributed by atoms with E-state index >= 15 is 0 Å². The van der Waals surface area contributed by atoms with E-state index in [1.165, 1.54) is 29.3 Å². The highest BCUT2D eigenvalue weighted by Gasteiger charge is 2.20. The van der Waals surface area contributed by atoms with Crippen LogP contribution in [0.1, 0.15) is 44.4 Å². The minimum Gasteiger partial charge on any atom is -0.325 e. The number of nitrogens with zero attached hydrogens (tertiary/aromatic N) is 4. The minimum atomic E-state index is -0.272. The van der Waals surface area contributed by atoms with Gasteiger partial charge in [-0.2, -0.15) is 0 Å². The predicted octanol–water partition coefficient (Wildman–Crippen LogP) is 2.86. The van der Waals surface area contributed by atoms with Crippen molar-refractivity contribution in [3.8, 4) is 0 Å². The topological polar surface area (TPSA) is 72.7 Å². The zero-order valence-corrected chi connectivity index (χ0v) is 14.4. The van der Waals surface area contributed by atoms with Crippen molar-refractivity contribution in [2.45, 2.75) is 56.5 Å². The van der Waals surface area contributed by atoms with Gasteiger partial charge in [0.05, 0.1) is 11.3 Å². The van der Waals surface area contributed by atoms with E-state index in [0.717, 1.165) is 18.5 Å². The van der Waals surface area contributed by atoms with Crippen LogP contribution < -0.4 is 5.32 Å². The summed E-state index contributed by atoms with van der Waals surface area (Å²) in [4.78, 5) is 12.4. The average Bonchev–Trinajstić information content (AvgIpc) is 3.15. The van der Waals surface area contributed by atoms with Gasteiger partial charge in [-0.15, -0.1) is 5.10 Å². The number of anilines is 1. The number of rotatable bonds is 5. The fourth-order valence-electron chi connectivity index (χ4n) is 2.69. The lowest BCUT2D eigenvalue weighted by molar-refractivity contribution is -0.115.